The molecule has 1 N–H and O–H groups in total. The lowest BCUT2D eigenvalue weighted by Gasteiger charge is -2.00. The number of carbonyl (C=O) groups excluding carboxylic acids is 2. The quantitative estimate of drug-likeness (QED) is 0.745. The molecule has 1 aromatic carbocycles. The molecule has 0 unspecified atom stereocenters. The maximum atomic E-state index is 11.9. The first-order valence-corrected chi connectivity index (χ1v) is 7.79. The highest BCUT2D eigenvalue weighted by atomic mass is 32.1. The van der Waals surface area contributed by atoms with Crippen LogP contribution < -0.4 is 5.32 Å². The van der Waals surface area contributed by atoms with Crippen molar-refractivity contribution in [2.24, 2.45) is 0 Å². The zero-order valence-corrected chi connectivity index (χ0v) is 13.5. The van der Waals surface area contributed by atoms with Crippen LogP contribution in [-0.2, 0) is 9.53 Å². The van der Waals surface area contributed by atoms with E-state index in [4.69, 9.17) is 0 Å². The molecule has 23 heavy (non-hydrogen) atoms. The topological polar surface area (TPSA) is 72.7 Å². The lowest BCUT2D eigenvalue weighted by molar-refractivity contribution is -0.139. The zero-order valence-electron chi connectivity index (χ0n) is 12.7. The van der Waals surface area contributed by atoms with Crippen LogP contribution in [-0.4, -0.2) is 34.9 Å². The van der Waals surface area contributed by atoms with Crippen LogP contribution in [0.4, 0.5) is 0 Å². The average Bonchev–Trinajstić information content (AvgIpc) is 3.11. The van der Waals surface area contributed by atoms with E-state index in [1.165, 1.54) is 24.0 Å². The molecule has 6 nitrogen and oxygen atoms in total. The van der Waals surface area contributed by atoms with Gasteiger partial charge in [0.15, 0.2) is 4.96 Å². The van der Waals surface area contributed by atoms with Gasteiger partial charge in [-0.1, -0.05) is 41.2 Å². The Bertz CT molecular complexity index is 833. The Morgan fingerprint density at radius 2 is 2.00 bits per heavy atom. The fourth-order valence-electron chi connectivity index (χ4n) is 2.07. The summed E-state index contributed by atoms with van der Waals surface area (Å²) >= 11 is 1.50. The Hall–Kier alpha value is -2.67. The Kier molecular flexibility index (Phi) is 4.12. The normalized spacial score (nSPS) is 10.7. The van der Waals surface area contributed by atoms with Gasteiger partial charge < -0.3 is 10.1 Å². The molecule has 0 atom stereocenters. The summed E-state index contributed by atoms with van der Waals surface area (Å²) in [6.07, 6.45) is 3.59. The van der Waals surface area contributed by atoms with Crippen molar-refractivity contribution < 1.29 is 14.3 Å². The number of aromatic nitrogens is 2. The van der Waals surface area contributed by atoms with Crippen LogP contribution >= 0.6 is 11.3 Å². The molecule has 0 bridgehead atoms. The minimum atomic E-state index is -0.499. The van der Waals surface area contributed by atoms with E-state index in [2.05, 4.69) is 39.3 Å². The number of imidazole rings is 1. The molecule has 0 aliphatic carbocycles. The van der Waals surface area contributed by atoms with Crippen LogP contribution in [0.3, 0.4) is 0 Å². The van der Waals surface area contributed by atoms with Crippen LogP contribution in [0.1, 0.15) is 16.1 Å². The third-order valence-electron chi connectivity index (χ3n) is 3.35. The van der Waals surface area contributed by atoms with Gasteiger partial charge in [0.25, 0.3) is 5.91 Å². The molecular weight excluding hydrogens is 314 g/mol. The number of ether oxygens (including phenoxy) is 1. The first-order valence-electron chi connectivity index (χ1n) is 6.97. The number of amides is 1. The fourth-order valence-corrected chi connectivity index (χ4v) is 3.04. The number of methoxy groups -OCH3 is 1. The molecule has 2 aromatic heterocycles. The Balaban J connectivity index is 1.79. The molecule has 0 fully saturated rings. The van der Waals surface area contributed by atoms with Crippen LogP contribution in [0.15, 0.2) is 36.7 Å². The van der Waals surface area contributed by atoms with E-state index < -0.39 is 11.9 Å². The summed E-state index contributed by atoms with van der Waals surface area (Å²) in [6, 6.07) is 8.24. The molecule has 2 heterocycles. The molecule has 0 saturated heterocycles. The smallest absolute Gasteiger partial charge is 0.325 e. The molecule has 1 amide bonds. The maximum absolute atomic E-state index is 11.9. The summed E-state index contributed by atoms with van der Waals surface area (Å²) in [5, 5.41) is 2.47. The molecule has 0 spiro atoms. The van der Waals surface area contributed by atoms with Crippen molar-refractivity contribution in [3.05, 3.63) is 47.9 Å². The number of aryl methyl sites for hydroxylation is 1. The summed E-state index contributed by atoms with van der Waals surface area (Å²) in [4.78, 5) is 29.1. The number of benzene rings is 1. The Labute approximate surface area is 136 Å². The number of fused-ring (bicyclic) bond motifs is 1. The van der Waals surface area contributed by atoms with Crippen molar-refractivity contribution in [1.29, 1.82) is 0 Å². The van der Waals surface area contributed by atoms with Crippen molar-refractivity contribution in [1.82, 2.24) is 14.7 Å². The van der Waals surface area contributed by atoms with Crippen LogP contribution in [0.25, 0.3) is 15.4 Å². The summed E-state index contributed by atoms with van der Waals surface area (Å²) in [6.45, 7) is 1.87. The van der Waals surface area contributed by atoms with Crippen molar-refractivity contribution in [2.75, 3.05) is 13.7 Å². The van der Waals surface area contributed by atoms with Gasteiger partial charge in [0.2, 0.25) is 0 Å². The standard InChI is InChI=1S/C16H15N3O3S/c1-10-3-5-11(6-4-10)13-9-19-8-12(18-16(19)23-13)15(21)17-7-14(20)22-2/h3-6,8-9H,7H2,1-2H3,(H,17,21). The van der Waals surface area contributed by atoms with Crippen LogP contribution in [0, 0.1) is 6.92 Å². The molecule has 7 heteroatoms. The Morgan fingerprint density at radius 3 is 2.65 bits per heavy atom. The fraction of sp³-hybridized carbons (Fsp3) is 0.188. The molecule has 3 aromatic rings. The third-order valence-corrected chi connectivity index (χ3v) is 4.39. The van der Waals surface area contributed by atoms with Crippen molar-refractivity contribution in [3.8, 4) is 10.4 Å². The second-order valence-electron chi connectivity index (χ2n) is 5.04. The minimum Gasteiger partial charge on any atom is -0.468 e. The van der Waals surface area contributed by atoms with E-state index in [0.717, 1.165) is 15.4 Å². The largest absolute Gasteiger partial charge is 0.468 e. The first-order chi connectivity index (χ1) is 11.1. The number of nitrogens with zero attached hydrogens (tertiary/aromatic N) is 2. The summed E-state index contributed by atoms with van der Waals surface area (Å²) in [5.41, 5.74) is 2.60. The van der Waals surface area contributed by atoms with Gasteiger partial charge in [0, 0.05) is 12.4 Å². The second-order valence-corrected chi connectivity index (χ2v) is 6.05. The third kappa shape index (κ3) is 3.24. The van der Waals surface area contributed by atoms with Gasteiger partial charge in [-0.25, -0.2) is 4.98 Å². The SMILES string of the molecule is COC(=O)CNC(=O)c1cn2cc(-c3ccc(C)cc3)sc2n1. The lowest BCUT2D eigenvalue weighted by Crippen LogP contribution is -2.30. The van der Waals surface area contributed by atoms with Crippen LogP contribution in [0.5, 0.6) is 0 Å². The van der Waals surface area contributed by atoms with E-state index in [-0.39, 0.29) is 12.2 Å². The second kappa shape index (κ2) is 6.21. The number of hydrogen-bond donors (Lipinski definition) is 1. The highest BCUT2D eigenvalue weighted by molar-refractivity contribution is 7.20. The number of nitrogens with one attached hydrogen (secondary N) is 1. The molecule has 0 aliphatic heterocycles. The van der Waals surface area contributed by atoms with Crippen molar-refractivity contribution in [2.45, 2.75) is 6.92 Å². The van der Waals surface area contributed by atoms with E-state index in [1.807, 2.05) is 17.5 Å². The van der Waals surface area contributed by atoms with E-state index in [0.29, 0.717) is 0 Å². The first kappa shape index (κ1) is 15.2. The number of esters is 1. The van der Waals surface area contributed by atoms with Gasteiger partial charge in [-0.05, 0) is 12.5 Å². The molecule has 0 radical (unpaired) electrons. The number of rotatable bonds is 4. The molecule has 3 rings (SSSR count). The zero-order chi connectivity index (χ0) is 16.4. The molecule has 118 valence electrons. The average molecular weight is 329 g/mol. The Morgan fingerprint density at radius 1 is 1.26 bits per heavy atom. The van der Waals surface area contributed by atoms with Gasteiger partial charge in [-0.15, -0.1) is 0 Å². The highest BCUT2D eigenvalue weighted by Gasteiger charge is 2.14. The van der Waals surface area contributed by atoms with E-state index >= 15 is 0 Å². The molecule has 0 aliphatic rings. The predicted molar refractivity (Wildman–Crippen MR) is 87.6 cm³/mol. The van der Waals surface area contributed by atoms with E-state index in [9.17, 15) is 9.59 Å². The highest BCUT2D eigenvalue weighted by Crippen LogP contribution is 2.28. The molecule has 0 saturated carbocycles. The van der Waals surface area contributed by atoms with Crippen molar-refractivity contribution in [3.63, 3.8) is 0 Å². The maximum Gasteiger partial charge on any atom is 0.325 e. The van der Waals surface area contributed by atoms with E-state index in [1.54, 1.807) is 6.20 Å². The van der Waals surface area contributed by atoms with Gasteiger partial charge in [0.05, 0.1) is 12.0 Å². The lowest BCUT2D eigenvalue weighted by atomic mass is 10.1. The number of carbonyl (C=O) groups is 2. The predicted octanol–water partition coefficient (Wildman–Crippen LogP) is 2.27. The van der Waals surface area contributed by atoms with Gasteiger partial charge in [0.1, 0.15) is 12.2 Å². The number of hydrogen-bond acceptors (Lipinski definition) is 5. The van der Waals surface area contributed by atoms with Gasteiger partial charge >= 0.3 is 5.97 Å². The van der Waals surface area contributed by atoms with Gasteiger partial charge in [-0.2, -0.15) is 0 Å². The van der Waals surface area contributed by atoms with Crippen molar-refractivity contribution >= 4 is 28.2 Å². The van der Waals surface area contributed by atoms with Crippen LogP contribution in [0.2, 0.25) is 0 Å². The molecular formula is C16H15N3O3S. The summed E-state index contributed by atoms with van der Waals surface area (Å²) in [5.74, 6) is -0.899. The monoisotopic (exact) mass is 329 g/mol. The number of thiazole rings is 1. The van der Waals surface area contributed by atoms with Gasteiger partial charge in [-0.3, -0.25) is 14.0 Å². The summed E-state index contributed by atoms with van der Waals surface area (Å²) < 4.78 is 6.29. The minimum absolute atomic E-state index is 0.172. The summed E-state index contributed by atoms with van der Waals surface area (Å²) in [7, 11) is 1.27.